The highest BCUT2D eigenvalue weighted by atomic mass is 35.5. The predicted octanol–water partition coefficient (Wildman–Crippen LogP) is 2.01. The standard InChI is InChI=1S/C10H10ClO2/c11-8-10(12)13-7-6-9-4-2-1-3-5-9/h1-4H,6-8H2/q+1. The Morgan fingerprint density at radius 3 is 3.00 bits per heavy atom. The Kier molecular flexibility index (Phi) is 4.24. The molecule has 0 fully saturated rings. The summed E-state index contributed by atoms with van der Waals surface area (Å²) in [5, 5.41) is 0. The van der Waals surface area contributed by atoms with Gasteiger partial charge in [0.25, 0.3) is 0 Å². The summed E-state index contributed by atoms with van der Waals surface area (Å²) in [4.78, 5) is 10.6. The smallest absolute Gasteiger partial charge is 0.320 e. The van der Waals surface area contributed by atoms with Crippen molar-refractivity contribution in [2.24, 2.45) is 0 Å². The van der Waals surface area contributed by atoms with Crippen LogP contribution in [0.25, 0.3) is 0 Å². The second kappa shape index (κ2) is 5.52. The molecule has 3 heteroatoms. The van der Waals surface area contributed by atoms with E-state index in [0.717, 1.165) is 5.57 Å². The van der Waals surface area contributed by atoms with Crippen LogP contribution in [0.5, 0.6) is 0 Å². The van der Waals surface area contributed by atoms with E-state index in [4.69, 9.17) is 16.3 Å². The average molecular weight is 198 g/mol. The highest BCUT2D eigenvalue weighted by molar-refractivity contribution is 6.26. The van der Waals surface area contributed by atoms with Crippen LogP contribution in [0, 0.1) is 6.08 Å². The summed E-state index contributed by atoms with van der Waals surface area (Å²) in [5.41, 5.74) is 1.03. The Balaban J connectivity index is 2.20. The van der Waals surface area contributed by atoms with Gasteiger partial charge < -0.3 is 4.74 Å². The second-order valence-corrected chi connectivity index (χ2v) is 2.76. The quantitative estimate of drug-likeness (QED) is 0.392. The van der Waals surface area contributed by atoms with E-state index >= 15 is 0 Å². The fraction of sp³-hybridized carbons (Fsp3) is 0.300. The van der Waals surface area contributed by atoms with Crippen LogP contribution in [0.4, 0.5) is 0 Å². The van der Waals surface area contributed by atoms with Gasteiger partial charge in [-0.3, -0.25) is 4.79 Å². The molecule has 0 aromatic heterocycles. The number of carbonyl (C=O) groups excluding carboxylic acids is 1. The molecule has 1 aliphatic rings. The molecule has 0 N–H and O–H groups in total. The van der Waals surface area contributed by atoms with Crippen molar-refractivity contribution in [2.75, 3.05) is 12.5 Å². The number of rotatable bonds is 4. The summed E-state index contributed by atoms with van der Waals surface area (Å²) in [6, 6.07) is 0. The first kappa shape index (κ1) is 9.97. The summed E-state index contributed by atoms with van der Waals surface area (Å²) in [5.74, 6) is -0.462. The minimum absolute atomic E-state index is 0.0848. The van der Waals surface area contributed by atoms with Crippen LogP contribution in [0.1, 0.15) is 6.42 Å². The molecule has 0 radical (unpaired) electrons. The van der Waals surface area contributed by atoms with Gasteiger partial charge in [0.2, 0.25) is 0 Å². The molecular weight excluding hydrogens is 188 g/mol. The summed E-state index contributed by atoms with van der Waals surface area (Å²) in [7, 11) is 0. The molecule has 13 heavy (non-hydrogen) atoms. The zero-order chi connectivity index (χ0) is 9.52. The zero-order valence-electron chi connectivity index (χ0n) is 7.13. The van der Waals surface area contributed by atoms with Gasteiger partial charge in [0.15, 0.2) is 0 Å². The van der Waals surface area contributed by atoms with Crippen LogP contribution in [-0.2, 0) is 9.53 Å². The largest absolute Gasteiger partial charge is 0.464 e. The molecule has 2 nitrogen and oxygen atoms in total. The number of carbonyl (C=O) groups is 1. The lowest BCUT2D eigenvalue weighted by molar-refractivity contribution is -0.140. The van der Waals surface area contributed by atoms with Crippen molar-refractivity contribution >= 4 is 17.6 Å². The van der Waals surface area contributed by atoms with E-state index < -0.39 is 0 Å². The van der Waals surface area contributed by atoms with Crippen molar-refractivity contribution in [3.63, 3.8) is 0 Å². The van der Waals surface area contributed by atoms with Crippen LogP contribution in [0.15, 0.2) is 29.9 Å². The van der Waals surface area contributed by atoms with E-state index in [1.54, 1.807) is 0 Å². The van der Waals surface area contributed by atoms with Gasteiger partial charge in [0.05, 0.1) is 12.7 Å². The third-order valence-corrected chi connectivity index (χ3v) is 1.74. The average Bonchev–Trinajstić information content (AvgIpc) is 2.19. The van der Waals surface area contributed by atoms with Gasteiger partial charge in [-0.25, -0.2) is 0 Å². The molecule has 0 heterocycles. The van der Waals surface area contributed by atoms with Gasteiger partial charge in [-0.1, -0.05) is 0 Å². The van der Waals surface area contributed by atoms with E-state index in [0.29, 0.717) is 13.0 Å². The Bertz CT molecular complexity index is 264. The Hall–Kier alpha value is -1.11. The highest BCUT2D eigenvalue weighted by Gasteiger charge is 2.05. The summed E-state index contributed by atoms with van der Waals surface area (Å²) < 4.78 is 4.80. The number of hydrogen-bond donors (Lipinski definition) is 0. The number of allylic oxidation sites excluding steroid dienone is 5. The Labute approximate surface area is 82.5 Å². The first-order valence-corrected chi connectivity index (χ1v) is 4.53. The third-order valence-electron chi connectivity index (χ3n) is 1.52. The fourth-order valence-electron chi connectivity index (χ4n) is 0.899. The minimum atomic E-state index is -0.377. The first-order chi connectivity index (χ1) is 6.33. The van der Waals surface area contributed by atoms with Gasteiger partial charge in [0.1, 0.15) is 17.5 Å². The van der Waals surface area contributed by atoms with Gasteiger partial charge in [-0.05, 0) is 0 Å². The third kappa shape index (κ3) is 3.88. The van der Waals surface area contributed by atoms with Crippen LogP contribution < -0.4 is 0 Å². The van der Waals surface area contributed by atoms with Gasteiger partial charge in [-0.2, -0.15) is 0 Å². The number of alkyl halides is 1. The molecule has 0 aliphatic heterocycles. The first-order valence-electron chi connectivity index (χ1n) is 4.00. The fourth-order valence-corrected chi connectivity index (χ4v) is 0.977. The van der Waals surface area contributed by atoms with Gasteiger partial charge >= 0.3 is 5.97 Å². The topological polar surface area (TPSA) is 26.3 Å². The van der Waals surface area contributed by atoms with Gasteiger partial charge in [-0.15, -0.1) is 11.6 Å². The molecule has 0 unspecified atom stereocenters. The number of ether oxygens (including phenoxy) is 1. The van der Waals surface area contributed by atoms with Gasteiger partial charge in [0, 0.05) is 24.6 Å². The molecule has 0 atom stereocenters. The molecule has 0 aromatic rings. The Morgan fingerprint density at radius 1 is 1.54 bits per heavy atom. The molecular formula is C10H10ClO2+. The van der Waals surface area contributed by atoms with Crippen molar-refractivity contribution in [1.29, 1.82) is 0 Å². The molecule has 0 spiro atoms. The maximum atomic E-state index is 10.6. The summed E-state index contributed by atoms with van der Waals surface area (Å²) in [6.45, 7) is 0.367. The number of esters is 1. The molecule has 0 aromatic carbocycles. The van der Waals surface area contributed by atoms with E-state index in [-0.39, 0.29) is 11.8 Å². The molecule has 1 aliphatic carbocycles. The molecule has 68 valence electrons. The lowest BCUT2D eigenvalue weighted by Crippen LogP contribution is -2.07. The van der Waals surface area contributed by atoms with E-state index in [9.17, 15) is 4.79 Å². The molecule has 0 saturated heterocycles. The van der Waals surface area contributed by atoms with E-state index in [2.05, 4.69) is 6.08 Å². The van der Waals surface area contributed by atoms with Crippen LogP contribution in [0.2, 0.25) is 0 Å². The maximum Gasteiger partial charge on any atom is 0.320 e. The zero-order valence-corrected chi connectivity index (χ0v) is 7.88. The molecule has 0 saturated carbocycles. The van der Waals surface area contributed by atoms with Crippen LogP contribution in [0.3, 0.4) is 0 Å². The predicted molar refractivity (Wildman–Crippen MR) is 51.3 cm³/mol. The molecule has 0 bridgehead atoms. The van der Waals surface area contributed by atoms with Crippen LogP contribution in [-0.4, -0.2) is 18.5 Å². The molecule has 1 rings (SSSR count). The van der Waals surface area contributed by atoms with E-state index in [1.807, 2.05) is 24.3 Å². The highest BCUT2D eigenvalue weighted by Crippen LogP contribution is 2.07. The molecule has 0 amide bonds. The minimum Gasteiger partial charge on any atom is -0.464 e. The monoisotopic (exact) mass is 197 g/mol. The van der Waals surface area contributed by atoms with Crippen molar-refractivity contribution in [2.45, 2.75) is 6.42 Å². The SMILES string of the molecule is O=C(CCl)OCCC1=CC=CC=[C+]1. The van der Waals surface area contributed by atoms with Crippen molar-refractivity contribution < 1.29 is 9.53 Å². The van der Waals surface area contributed by atoms with Crippen LogP contribution >= 0.6 is 11.6 Å². The summed E-state index contributed by atoms with van der Waals surface area (Å²) >= 11 is 5.25. The second-order valence-electron chi connectivity index (χ2n) is 2.49. The summed E-state index contributed by atoms with van der Waals surface area (Å²) in [6.07, 6.45) is 11.3. The van der Waals surface area contributed by atoms with Crippen molar-refractivity contribution in [3.8, 4) is 0 Å². The maximum absolute atomic E-state index is 10.6. The van der Waals surface area contributed by atoms with Crippen molar-refractivity contribution in [3.05, 3.63) is 36.0 Å². The van der Waals surface area contributed by atoms with E-state index in [1.165, 1.54) is 0 Å². The Morgan fingerprint density at radius 2 is 2.38 bits per heavy atom. The lowest BCUT2D eigenvalue weighted by atomic mass is 10.1. The number of hydrogen-bond acceptors (Lipinski definition) is 2. The number of halogens is 1. The van der Waals surface area contributed by atoms with Crippen molar-refractivity contribution in [1.82, 2.24) is 0 Å². The lowest BCUT2D eigenvalue weighted by Gasteiger charge is -1.99. The normalized spacial score (nSPS) is 13.5.